The van der Waals surface area contributed by atoms with Crippen molar-refractivity contribution in [1.82, 2.24) is 4.90 Å². The molecule has 1 amide bonds. The van der Waals surface area contributed by atoms with E-state index in [1.807, 2.05) is 6.92 Å². The third-order valence-electron chi connectivity index (χ3n) is 1.86. The standard InChI is InChI=1S/C7H12N4O2/c1-2-13-5-7(12)11-3-6(4-11)9-10-8/h6H,2-5H2,1H3. The van der Waals surface area contributed by atoms with Crippen molar-refractivity contribution in [2.24, 2.45) is 5.11 Å². The number of hydrogen-bond donors (Lipinski definition) is 0. The largest absolute Gasteiger partial charge is 0.372 e. The van der Waals surface area contributed by atoms with Gasteiger partial charge in [-0.1, -0.05) is 5.11 Å². The van der Waals surface area contributed by atoms with Gasteiger partial charge in [-0.05, 0) is 12.5 Å². The lowest BCUT2D eigenvalue weighted by atomic mass is 10.1. The van der Waals surface area contributed by atoms with Crippen LogP contribution in [0.25, 0.3) is 10.4 Å². The van der Waals surface area contributed by atoms with E-state index < -0.39 is 0 Å². The van der Waals surface area contributed by atoms with E-state index in [0.29, 0.717) is 19.7 Å². The minimum Gasteiger partial charge on any atom is -0.372 e. The van der Waals surface area contributed by atoms with Crippen LogP contribution in [0.1, 0.15) is 6.92 Å². The smallest absolute Gasteiger partial charge is 0.248 e. The first-order chi connectivity index (χ1) is 6.27. The molecule has 0 radical (unpaired) electrons. The first-order valence-electron chi connectivity index (χ1n) is 4.17. The van der Waals surface area contributed by atoms with E-state index in [9.17, 15) is 4.79 Å². The molecule has 0 spiro atoms. The van der Waals surface area contributed by atoms with E-state index in [0.717, 1.165) is 0 Å². The number of carbonyl (C=O) groups is 1. The highest BCUT2D eigenvalue weighted by Gasteiger charge is 2.29. The summed E-state index contributed by atoms with van der Waals surface area (Å²) in [5.74, 6) is -0.0359. The number of amides is 1. The number of rotatable bonds is 4. The molecule has 1 aliphatic heterocycles. The van der Waals surface area contributed by atoms with Crippen LogP contribution in [0.4, 0.5) is 0 Å². The molecule has 13 heavy (non-hydrogen) atoms. The second kappa shape index (κ2) is 4.69. The van der Waals surface area contributed by atoms with Crippen molar-refractivity contribution in [1.29, 1.82) is 0 Å². The number of carbonyl (C=O) groups excluding carboxylic acids is 1. The Morgan fingerprint density at radius 1 is 1.77 bits per heavy atom. The molecule has 1 saturated heterocycles. The van der Waals surface area contributed by atoms with Crippen molar-refractivity contribution >= 4 is 5.91 Å². The molecule has 0 saturated carbocycles. The van der Waals surface area contributed by atoms with Crippen LogP contribution >= 0.6 is 0 Å². The maximum absolute atomic E-state index is 11.2. The van der Waals surface area contributed by atoms with Gasteiger partial charge in [0.05, 0.1) is 6.04 Å². The molecule has 1 aliphatic rings. The quantitative estimate of drug-likeness (QED) is 0.363. The average molecular weight is 184 g/mol. The Morgan fingerprint density at radius 2 is 2.46 bits per heavy atom. The van der Waals surface area contributed by atoms with E-state index in [4.69, 9.17) is 10.3 Å². The summed E-state index contributed by atoms with van der Waals surface area (Å²) >= 11 is 0. The number of nitrogens with zero attached hydrogens (tertiary/aromatic N) is 4. The number of ether oxygens (including phenoxy) is 1. The Bertz CT molecular complexity index is 231. The molecule has 72 valence electrons. The summed E-state index contributed by atoms with van der Waals surface area (Å²) in [6.07, 6.45) is 0. The molecule has 6 nitrogen and oxygen atoms in total. The van der Waals surface area contributed by atoms with Gasteiger partial charge < -0.3 is 9.64 Å². The SMILES string of the molecule is CCOCC(=O)N1CC(N=[N+]=[N-])C1. The fraction of sp³-hybridized carbons (Fsp3) is 0.857. The molecule has 6 heteroatoms. The predicted molar refractivity (Wildman–Crippen MR) is 46.0 cm³/mol. The first kappa shape index (κ1) is 9.83. The predicted octanol–water partition coefficient (Wildman–Crippen LogP) is 0.544. The van der Waals surface area contributed by atoms with Gasteiger partial charge in [0.25, 0.3) is 0 Å². The number of likely N-dealkylation sites (tertiary alicyclic amines) is 1. The van der Waals surface area contributed by atoms with Crippen molar-refractivity contribution < 1.29 is 9.53 Å². The molecule has 1 heterocycles. The number of azide groups is 1. The van der Waals surface area contributed by atoms with Crippen molar-refractivity contribution in [2.75, 3.05) is 26.3 Å². The highest BCUT2D eigenvalue weighted by Crippen LogP contribution is 2.11. The Hall–Kier alpha value is -1.26. The van der Waals surface area contributed by atoms with E-state index in [-0.39, 0.29) is 18.6 Å². The molecule has 0 aromatic rings. The molecule has 0 aliphatic carbocycles. The minimum absolute atomic E-state index is 0.0359. The van der Waals surface area contributed by atoms with Gasteiger partial charge >= 0.3 is 0 Å². The molecule has 0 unspecified atom stereocenters. The van der Waals surface area contributed by atoms with E-state index in [1.54, 1.807) is 4.90 Å². The van der Waals surface area contributed by atoms with Crippen LogP contribution in [0.5, 0.6) is 0 Å². The van der Waals surface area contributed by atoms with Gasteiger partial charge in [0.1, 0.15) is 6.61 Å². The van der Waals surface area contributed by atoms with E-state index in [2.05, 4.69) is 10.0 Å². The van der Waals surface area contributed by atoms with Crippen molar-refractivity contribution in [3.63, 3.8) is 0 Å². The van der Waals surface area contributed by atoms with Crippen molar-refractivity contribution in [3.8, 4) is 0 Å². The van der Waals surface area contributed by atoms with Gasteiger partial charge in [0, 0.05) is 24.6 Å². The first-order valence-corrected chi connectivity index (χ1v) is 4.17. The summed E-state index contributed by atoms with van der Waals surface area (Å²) in [4.78, 5) is 15.5. The summed E-state index contributed by atoms with van der Waals surface area (Å²) in [5, 5.41) is 3.49. The molecule has 0 atom stereocenters. The highest BCUT2D eigenvalue weighted by atomic mass is 16.5. The normalized spacial score (nSPS) is 16.2. The van der Waals surface area contributed by atoms with Gasteiger partial charge in [-0.2, -0.15) is 0 Å². The monoisotopic (exact) mass is 184 g/mol. The van der Waals surface area contributed by atoms with Gasteiger partial charge in [0.2, 0.25) is 5.91 Å². The van der Waals surface area contributed by atoms with Gasteiger partial charge in [-0.15, -0.1) is 0 Å². The Balaban J connectivity index is 2.19. The molecule has 0 aromatic heterocycles. The van der Waals surface area contributed by atoms with E-state index >= 15 is 0 Å². The van der Waals surface area contributed by atoms with Crippen LogP contribution in [-0.4, -0.2) is 43.2 Å². The van der Waals surface area contributed by atoms with Crippen molar-refractivity contribution in [2.45, 2.75) is 13.0 Å². The topological polar surface area (TPSA) is 78.3 Å². The Morgan fingerprint density at radius 3 is 3.00 bits per heavy atom. The molecular weight excluding hydrogens is 172 g/mol. The lowest BCUT2D eigenvalue weighted by Crippen LogP contribution is -2.53. The molecule has 0 N–H and O–H groups in total. The zero-order valence-corrected chi connectivity index (χ0v) is 7.51. The second-order valence-corrected chi connectivity index (χ2v) is 2.79. The zero-order chi connectivity index (χ0) is 9.68. The summed E-state index contributed by atoms with van der Waals surface area (Å²) < 4.78 is 4.95. The molecule has 0 bridgehead atoms. The summed E-state index contributed by atoms with van der Waals surface area (Å²) in [5.41, 5.74) is 8.10. The van der Waals surface area contributed by atoms with Crippen LogP contribution < -0.4 is 0 Å². The molecule has 1 rings (SSSR count). The zero-order valence-electron chi connectivity index (χ0n) is 7.51. The van der Waals surface area contributed by atoms with Crippen LogP contribution in [0.3, 0.4) is 0 Å². The van der Waals surface area contributed by atoms with Gasteiger partial charge in [-0.3, -0.25) is 4.79 Å². The third kappa shape index (κ3) is 2.61. The average Bonchev–Trinajstić information content (AvgIpc) is 2.06. The van der Waals surface area contributed by atoms with Crippen LogP contribution in [0.2, 0.25) is 0 Å². The third-order valence-corrected chi connectivity index (χ3v) is 1.86. The molecule has 1 fully saturated rings. The maximum atomic E-state index is 11.2. The van der Waals surface area contributed by atoms with Crippen molar-refractivity contribution in [3.05, 3.63) is 10.4 Å². The minimum atomic E-state index is -0.0458. The maximum Gasteiger partial charge on any atom is 0.248 e. The van der Waals surface area contributed by atoms with Gasteiger partial charge in [0.15, 0.2) is 0 Å². The fourth-order valence-corrected chi connectivity index (χ4v) is 1.09. The second-order valence-electron chi connectivity index (χ2n) is 2.79. The highest BCUT2D eigenvalue weighted by molar-refractivity contribution is 5.78. The lowest BCUT2D eigenvalue weighted by Gasteiger charge is -2.36. The number of hydrogen-bond acceptors (Lipinski definition) is 3. The summed E-state index contributed by atoms with van der Waals surface area (Å²) in [7, 11) is 0. The molecular formula is C7H12N4O2. The van der Waals surface area contributed by atoms with Crippen LogP contribution in [0.15, 0.2) is 5.11 Å². The summed E-state index contributed by atoms with van der Waals surface area (Å²) in [6.45, 7) is 3.55. The molecule has 0 aromatic carbocycles. The lowest BCUT2D eigenvalue weighted by molar-refractivity contribution is -0.140. The van der Waals surface area contributed by atoms with Crippen LogP contribution in [0, 0.1) is 0 Å². The summed E-state index contributed by atoms with van der Waals surface area (Å²) in [6, 6.07) is -0.0458. The van der Waals surface area contributed by atoms with Crippen LogP contribution in [-0.2, 0) is 9.53 Å². The van der Waals surface area contributed by atoms with Gasteiger partial charge in [-0.25, -0.2) is 0 Å². The Kier molecular flexibility index (Phi) is 3.54. The van der Waals surface area contributed by atoms with E-state index in [1.165, 1.54) is 0 Å². The Labute approximate surface area is 76.1 Å². The fourth-order valence-electron chi connectivity index (χ4n) is 1.09.